The van der Waals surface area contributed by atoms with Gasteiger partial charge in [0.1, 0.15) is 5.75 Å². The summed E-state index contributed by atoms with van der Waals surface area (Å²) >= 11 is 5.58. The molecule has 0 aromatic heterocycles. The lowest BCUT2D eigenvalue weighted by molar-refractivity contribution is -0.137. The van der Waals surface area contributed by atoms with E-state index in [1.54, 1.807) is 12.1 Å². The van der Waals surface area contributed by atoms with Crippen LogP contribution in [0.2, 0.25) is 5.02 Å². The van der Waals surface area contributed by atoms with Crippen molar-refractivity contribution in [3.8, 4) is 5.75 Å². The zero-order valence-electron chi connectivity index (χ0n) is 17.8. The van der Waals surface area contributed by atoms with E-state index in [-0.39, 0.29) is 23.1 Å². The van der Waals surface area contributed by atoms with Gasteiger partial charge in [-0.2, -0.15) is 13.2 Å². The van der Waals surface area contributed by atoms with Crippen LogP contribution in [-0.2, 0) is 16.4 Å². The molecule has 2 aromatic carbocycles. The van der Waals surface area contributed by atoms with Crippen molar-refractivity contribution in [3.05, 3.63) is 58.6 Å². The summed E-state index contributed by atoms with van der Waals surface area (Å²) in [6, 6.07) is 10.7. The number of hydrogen-bond acceptors (Lipinski definition) is 2. The number of hydrogen-bond donors (Lipinski definition) is 1. The number of carbonyl (C=O) groups excluding carboxylic acids is 1. The van der Waals surface area contributed by atoms with Crippen molar-refractivity contribution < 1.29 is 22.7 Å². The molecule has 1 N–H and O–H groups in total. The Labute approximate surface area is 180 Å². The molecule has 2 aromatic rings. The third-order valence-corrected chi connectivity index (χ3v) is 4.86. The number of rotatable bonds is 6. The van der Waals surface area contributed by atoms with Gasteiger partial charge in [0.05, 0.1) is 10.6 Å². The fourth-order valence-electron chi connectivity index (χ4n) is 3.60. The van der Waals surface area contributed by atoms with Crippen molar-refractivity contribution in [1.29, 1.82) is 0 Å². The van der Waals surface area contributed by atoms with Gasteiger partial charge in [-0.05, 0) is 53.1 Å². The molecule has 0 saturated carbocycles. The highest BCUT2D eigenvalue weighted by atomic mass is 35.5. The van der Waals surface area contributed by atoms with Gasteiger partial charge in [0.25, 0.3) is 5.91 Å². The predicted octanol–water partition coefficient (Wildman–Crippen LogP) is 7.09. The van der Waals surface area contributed by atoms with E-state index in [0.29, 0.717) is 5.75 Å². The molecular formula is C23H27ClF3NO2. The van der Waals surface area contributed by atoms with Crippen molar-refractivity contribution >= 4 is 23.2 Å². The highest BCUT2D eigenvalue weighted by molar-refractivity contribution is 6.31. The number of anilines is 1. The number of carbonyl (C=O) groups is 1. The van der Waals surface area contributed by atoms with Gasteiger partial charge in [-0.25, -0.2) is 0 Å². The maximum atomic E-state index is 12.9. The summed E-state index contributed by atoms with van der Waals surface area (Å²) in [7, 11) is 0. The second-order valence-electron chi connectivity index (χ2n) is 9.17. The second kappa shape index (κ2) is 8.88. The third-order valence-electron chi connectivity index (χ3n) is 4.53. The Morgan fingerprint density at radius 3 is 2.13 bits per heavy atom. The monoisotopic (exact) mass is 441 g/mol. The van der Waals surface area contributed by atoms with Gasteiger partial charge in [0.15, 0.2) is 6.61 Å². The van der Waals surface area contributed by atoms with Crippen LogP contribution in [-0.4, -0.2) is 12.5 Å². The molecule has 0 heterocycles. The SMILES string of the molecule is CC(C)(C)CC(C)(C)c1ccc(OCC(=O)Nc2ccc(Cl)c(C(F)(F)F)c2)cc1. The van der Waals surface area contributed by atoms with Crippen molar-refractivity contribution in [2.45, 2.75) is 52.6 Å². The van der Waals surface area contributed by atoms with Gasteiger partial charge >= 0.3 is 6.18 Å². The van der Waals surface area contributed by atoms with E-state index in [9.17, 15) is 18.0 Å². The summed E-state index contributed by atoms with van der Waals surface area (Å²) in [4.78, 5) is 12.1. The summed E-state index contributed by atoms with van der Waals surface area (Å²) in [6.45, 7) is 10.6. The van der Waals surface area contributed by atoms with Crippen LogP contribution in [0.1, 0.15) is 52.2 Å². The lowest BCUT2D eigenvalue weighted by atomic mass is 9.72. The minimum absolute atomic E-state index is 0.000368. The summed E-state index contributed by atoms with van der Waals surface area (Å²) in [5, 5.41) is 1.97. The van der Waals surface area contributed by atoms with E-state index in [1.807, 2.05) is 12.1 Å². The molecule has 30 heavy (non-hydrogen) atoms. The number of amides is 1. The first kappa shape index (κ1) is 24.1. The molecule has 3 nitrogen and oxygen atoms in total. The average molecular weight is 442 g/mol. The molecular weight excluding hydrogens is 415 g/mol. The minimum Gasteiger partial charge on any atom is -0.484 e. The standard InChI is InChI=1S/C23H27ClF3NO2/c1-21(2,3)14-22(4,5)15-6-9-17(10-7-15)30-13-20(29)28-16-8-11-19(24)18(12-16)23(25,26)27/h6-12H,13-14H2,1-5H3,(H,28,29). The Balaban J connectivity index is 1.97. The van der Waals surface area contributed by atoms with Crippen LogP contribution in [0.3, 0.4) is 0 Å². The zero-order valence-corrected chi connectivity index (χ0v) is 18.5. The smallest absolute Gasteiger partial charge is 0.417 e. The van der Waals surface area contributed by atoms with Crippen molar-refractivity contribution in [1.82, 2.24) is 0 Å². The van der Waals surface area contributed by atoms with E-state index in [0.717, 1.165) is 24.1 Å². The first-order chi connectivity index (χ1) is 13.7. The molecule has 0 radical (unpaired) electrons. The molecule has 0 saturated heterocycles. The van der Waals surface area contributed by atoms with Crippen molar-refractivity contribution in [3.63, 3.8) is 0 Å². The molecule has 164 valence electrons. The topological polar surface area (TPSA) is 38.3 Å². The van der Waals surface area contributed by atoms with Crippen LogP contribution in [0.15, 0.2) is 42.5 Å². The highest BCUT2D eigenvalue weighted by Crippen LogP contribution is 2.37. The van der Waals surface area contributed by atoms with Crippen molar-refractivity contribution in [2.75, 3.05) is 11.9 Å². The van der Waals surface area contributed by atoms with E-state index < -0.39 is 22.7 Å². The number of alkyl halides is 3. The Morgan fingerprint density at radius 2 is 1.60 bits per heavy atom. The molecule has 0 aliphatic carbocycles. The Bertz CT molecular complexity index is 885. The van der Waals surface area contributed by atoms with Gasteiger partial charge < -0.3 is 10.1 Å². The molecule has 0 atom stereocenters. The molecule has 0 aliphatic rings. The third kappa shape index (κ3) is 6.94. The lowest BCUT2D eigenvalue weighted by Gasteiger charge is -2.33. The first-order valence-electron chi connectivity index (χ1n) is 9.57. The lowest BCUT2D eigenvalue weighted by Crippen LogP contribution is -2.24. The van der Waals surface area contributed by atoms with Crippen LogP contribution >= 0.6 is 11.6 Å². The number of ether oxygens (including phenoxy) is 1. The molecule has 0 fully saturated rings. The highest BCUT2D eigenvalue weighted by Gasteiger charge is 2.33. The van der Waals surface area contributed by atoms with Crippen molar-refractivity contribution in [2.24, 2.45) is 5.41 Å². The Kier molecular flexibility index (Phi) is 7.12. The fourth-order valence-corrected chi connectivity index (χ4v) is 3.82. The summed E-state index contributed by atoms with van der Waals surface area (Å²) < 4.78 is 44.2. The van der Waals surface area contributed by atoms with Crippen LogP contribution < -0.4 is 10.1 Å². The summed E-state index contributed by atoms with van der Waals surface area (Å²) in [6.07, 6.45) is -3.60. The first-order valence-corrected chi connectivity index (χ1v) is 9.95. The molecule has 1 amide bonds. The molecule has 0 bridgehead atoms. The largest absolute Gasteiger partial charge is 0.484 e. The fraction of sp³-hybridized carbons (Fsp3) is 0.435. The molecule has 0 unspecified atom stereocenters. The molecule has 0 spiro atoms. The Morgan fingerprint density at radius 1 is 1.00 bits per heavy atom. The number of halogens is 4. The molecule has 7 heteroatoms. The van der Waals surface area contributed by atoms with Crippen LogP contribution in [0.5, 0.6) is 5.75 Å². The van der Waals surface area contributed by atoms with E-state index in [2.05, 4.69) is 39.9 Å². The summed E-state index contributed by atoms with van der Waals surface area (Å²) in [5.41, 5.74) is 0.328. The second-order valence-corrected chi connectivity index (χ2v) is 9.58. The molecule has 0 aliphatic heterocycles. The quantitative estimate of drug-likeness (QED) is 0.519. The van der Waals surface area contributed by atoms with E-state index in [1.165, 1.54) is 6.07 Å². The maximum absolute atomic E-state index is 12.9. The van der Waals surface area contributed by atoms with Gasteiger partial charge in [0.2, 0.25) is 0 Å². The number of nitrogens with one attached hydrogen (secondary N) is 1. The zero-order chi connectivity index (χ0) is 22.7. The predicted molar refractivity (Wildman–Crippen MR) is 114 cm³/mol. The maximum Gasteiger partial charge on any atom is 0.417 e. The number of benzene rings is 2. The van der Waals surface area contributed by atoms with E-state index in [4.69, 9.17) is 16.3 Å². The van der Waals surface area contributed by atoms with Gasteiger partial charge in [0, 0.05) is 5.69 Å². The average Bonchev–Trinajstić information content (AvgIpc) is 2.59. The van der Waals surface area contributed by atoms with Crippen LogP contribution in [0.4, 0.5) is 18.9 Å². The Hall–Kier alpha value is -2.21. The van der Waals surface area contributed by atoms with Crippen LogP contribution in [0, 0.1) is 5.41 Å². The minimum atomic E-state index is -4.60. The van der Waals surface area contributed by atoms with Gasteiger partial charge in [-0.3, -0.25) is 4.79 Å². The van der Waals surface area contributed by atoms with Crippen LogP contribution in [0.25, 0.3) is 0 Å². The normalized spacial score (nSPS) is 12.6. The molecule has 2 rings (SSSR count). The summed E-state index contributed by atoms with van der Waals surface area (Å²) in [5.74, 6) is -0.0601. The van der Waals surface area contributed by atoms with Gasteiger partial charge in [-0.1, -0.05) is 58.4 Å². The van der Waals surface area contributed by atoms with Gasteiger partial charge in [-0.15, -0.1) is 0 Å². The van der Waals surface area contributed by atoms with E-state index >= 15 is 0 Å².